The van der Waals surface area contributed by atoms with E-state index in [2.05, 4.69) is 24.8 Å². The molecule has 1 saturated heterocycles. The molecule has 0 bridgehead atoms. The fraction of sp³-hybridized carbons (Fsp3) is 0.143. The maximum absolute atomic E-state index is 5.90. The molecule has 1 fully saturated rings. The van der Waals surface area contributed by atoms with Crippen LogP contribution in [0.4, 0.5) is 5.82 Å². The predicted octanol–water partition coefficient (Wildman–Crippen LogP) is 8.34. The molecule has 0 radical (unpaired) electrons. The first kappa shape index (κ1) is 24.7. The zero-order valence-electron chi connectivity index (χ0n) is 19.9. The van der Waals surface area contributed by atoms with E-state index in [1.54, 1.807) is 24.3 Å². The largest absolute Gasteiger partial charge is 0.418 e. The monoisotopic (exact) mass is 563 g/mol. The van der Waals surface area contributed by atoms with Crippen LogP contribution >= 0.6 is 34.8 Å². The van der Waals surface area contributed by atoms with Crippen molar-refractivity contribution in [2.75, 3.05) is 18.0 Å². The van der Waals surface area contributed by atoms with E-state index in [-0.39, 0.29) is 0 Å². The molecule has 7 rings (SSSR count). The van der Waals surface area contributed by atoms with Gasteiger partial charge in [0.05, 0.1) is 0 Å². The molecule has 5 heterocycles. The fourth-order valence-electron chi connectivity index (χ4n) is 4.16. The highest BCUT2D eigenvalue weighted by atomic mass is 35.5. The van der Waals surface area contributed by atoms with E-state index in [1.807, 2.05) is 48.5 Å². The number of hydrogen-bond acceptors (Lipinski definition) is 7. The second-order valence-electron chi connectivity index (χ2n) is 8.70. The highest BCUT2D eigenvalue weighted by molar-refractivity contribution is 6.31. The number of rotatable bonds is 3. The van der Waals surface area contributed by atoms with Crippen LogP contribution in [-0.4, -0.2) is 33.0 Å². The van der Waals surface area contributed by atoms with Crippen LogP contribution in [0.2, 0.25) is 15.2 Å². The van der Waals surface area contributed by atoms with Crippen LogP contribution in [0.15, 0.2) is 81.6 Å². The average Bonchev–Trinajstić information content (AvgIpc) is 3.69. The van der Waals surface area contributed by atoms with E-state index in [4.69, 9.17) is 43.6 Å². The smallest absolute Gasteiger partial charge is 0.249 e. The van der Waals surface area contributed by atoms with Gasteiger partial charge in [-0.1, -0.05) is 34.8 Å². The summed E-state index contributed by atoms with van der Waals surface area (Å²) in [5, 5.41) is 1.76. The molecular weight excluding hydrogens is 545 g/mol. The normalized spacial score (nSPS) is 13.2. The Bertz CT molecular complexity index is 1710. The number of pyridine rings is 2. The molecule has 0 aliphatic carbocycles. The lowest BCUT2D eigenvalue weighted by Gasteiger charge is -2.15. The van der Waals surface area contributed by atoms with Gasteiger partial charge in [-0.2, -0.15) is 9.97 Å². The molecule has 10 heteroatoms. The summed E-state index contributed by atoms with van der Waals surface area (Å²) < 4.78 is 11.3. The third kappa shape index (κ3) is 5.31. The van der Waals surface area contributed by atoms with Gasteiger partial charge < -0.3 is 13.7 Å². The van der Waals surface area contributed by atoms with Crippen molar-refractivity contribution >= 4 is 63.1 Å². The molecule has 190 valence electrons. The quantitative estimate of drug-likeness (QED) is 0.200. The second kappa shape index (κ2) is 10.6. The molecule has 38 heavy (non-hydrogen) atoms. The Kier molecular flexibility index (Phi) is 6.89. The Morgan fingerprint density at radius 3 is 1.61 bits per heavy atom. The summed E-state index contributed by atoms with van der Waals surface area (Å²) in [7, 11) is 0. The number of oxazole rings is 2. The number of nitrogens with zero attached hydrogens (tertiary/aromatic N) is 5. The maximum atomic E-state index is 5.90. The molecule has 0 N–H and O–H groups in total. The lowest BCUT2D eigenvalue weighted by atomic mass is 10.2. The molecule has 2 aromatic carbocycles. The van der Waals surface area contributed by atoms with E-state index in [0.717, 1.165) is 35.6 Å². The van der Waals surface area contributed by atoms with Gasteiger partial charge in [0, 0.05) is 34.3 Å². The molecule has 4 aromatic heterocycles. The minimum atomic E-state index is 0.385. The minimum absolute atomic E-state index is 0.385. The summed E-state index contributed by atoms with van der Waals surface area (Å²) in [5.74, 6) is 2.05. The molecule has 0 saturated carbocycles. The first-order valence-electron chi connectivity index (χ1n) is 12.0. The molecule has 6 aromatic rings. The zero-order valence-corrected chi connectivity index (χ0v) is 22.2. The standard InChI is InChI=1S/C16H14ClN3O.C12H6Cl2N2O/c17-12-5-3-11(4-6-12)15-18-13-7-8-14(19-16(13)21-15)20-9-1-2-10-20;13-8-3-1-7(2-4-8)11-15-9-5-6-10(14)16-12(9)17-11/h3-8H,1-2,9-10H2;1-6H. The third-order valence-corrected chi connectivity index (χ3v) is 6.79. The zero-order chi connectivity index (χ0) is 26.1. The van der Waals surface area contributed by atoms with E-state index in [1.165, 1.54) is 12.8 Å². The van der Waals surface area contributed by atoms with Gasteiger partial charge >= 0.3 is 0 Å². The highest BCUT2D eigenvalue weighted by Gasteiger charge is 2.16. The van der Waals surface area contributed by atoms with Gasteiger partial charge in [-0.3, -0.25) is 0 Å². The first-order chi connectivity index (χ1) is 18.5. The number of benzene rings is 2. The molecule has 0 spiro atoms. The van der Waals surface area contributed by atoms with Gasteiger partial charge in [0.2, 0.25) is 23.2 Å². The van der Waals surface area contributed by atoms with Gasteiger partial charge in [0.1, 0.15) is 22.0 Å². The maximum Gasteiger partial charge on any atom is 0.249 e. The van der Waals surface area contributed by atoms with Crippen molar-refractivity contribution in [2.24, 2.45) is 0 Å². The summed E-state index contributed by atoms with van der Waals surface area (Å²) >= 11 is 17.5. The fourth-order valence-corrected chi connectivity index (χ4v) is 4.55. The van der Waals surface area contributed by atoms with Crippen LogP contribution in [0.5, 0.6) is 0 Å². The van der Waals surface area contributed by atoms with Crippen LogP contribution < -0.4 is 4.90 Å². The van der Waals surface area contributed by atoms with Gasteiger partial charge in [0.25, 0.3) is 0 Å². The second-order valence-corrected chi connectivity index (χ2v) is 9.96. The van der Waals surface area contributed by atoms with Crippen LogP contribution in [0, 0.1) is 0 Å². The topological polar surface area (TPSA) is 81.1 Å². The van der Waals surface area contributed by atoms with Crippen molar-refractivity contribution < 1.29 is 8.83 Å². The molecule has 0 atom stereocenters. The van der Waals surface area contributed by atoms with Crippen molar-refractivity contribution in [1.29, 1.82) is 0 Å². The van der Waals surface area contributed by atoms with Crippen LogP contribution in [0.1, 0.15) is 12.8 Å². The van der Waals surface area contributed by atoms with Crippen LogP contribution in [-0.2, 0) is 0 Å². The summed E-state index contributed by atoms with van der Waals surface area (Å²) in [6, 6.07) is 22.1. The Hall–Kier alpha value is -3.65. The molecule has 0 amide bonds. The Labute approximate surface area is 233 Å². The van der Waals surface area contributed by atoms with Crippen molar-refractivity contribution in [2.45, 2.75) is 12.8 Å². The van der Waals surface area contributed by atoms with Crippen molar-refractivity contribution in [3.63, 3.8) is 0 Å². The Morgan fingerprint density at radius 2 is 1.05 bits per heavy atom. The summed E-state index contributed by atoms with van der Waals surface area (Å²) in [4.78, 5) is 19.7. The first-order valence-corrected chi connectivity index (χ1v) is 13.1. The molecular formula is C28H20Cl3N5O2. The lowest BCUT2D eigenvalue weighted by molar-refractivity contribution is 0.607. The van der Waals surface area contributed by atoms with Gasteiger partial charge in [-0.25, -0.2) is 9.97 Å². The van der Waals surface area contributed by atoms with E-state index in [9.17, 15) is 0 Å². The highest BCUT2D eigenvalue weighted by Crippen LogP contribution is 2.28. The summed E-state index contributed by atoms with van der Waals surface area (Å²) in [6.45, 7) is 2.13. The molecule has 7 nitrogen and oxygen atoms in total. The van der Waals surface area contributed by atoms with Crippen molar-refractivity contribution in [3.8, 4) is 22.9 Å². The number of hydrogen-bond donors (Lipinski definition) is 0. The van der Waals surface area contributed by atoms with Crippen LogP contribution in [0.3, 0.4) is 0 Å². The molecule has 0 unspecified atom stereocenters. The SMILES string of the molecule is Clc1ccc(-c2nc3ccc(Cl)nc3o2)cc1.Clc1ccc(-c2nc3ccc(N4CCCC4)nc3o2)cc1. The molecule has 1 aliphatic rings. The minimum Gasteiger partial charge on any atom is -0.418 e. The van der Waals surface area contributed by atoms with Crippen molar-refractivity contribution in [1.82, 2.24) is 19.9 Å². The van der Waals surface area contributed by atoms with Crippen LogP contribution in [0.25, 0.3) is 45.4 Å². The van der Waals surface area contributed by atoms with E-state index >= 15 is 0 Å². The number of anilines is 1. The lowest BCUT2D eigenvalue weighted by Crippen LogP contribution is -2.18. The van der Waals surface area contributed by atoms with E-state index in [0.29, 0.717) is 43.9 Å². The third-order valence-electron chi connectivity index (χ3n) is 6.07. The number of aromatic nitrogens is 4. The Balaban J connectivity index is 0.000000142. The van der Waals surface area contributed by atoms with Crippen molar-refractivity contribution in [3.05, 3.63) is 88.0 Å². The summed E-state index contributed by atoms with van der Waals surface area (Å²) in [5.41, 5.74) is 4.23. The number of fused-ring (bicyclic) bond motifs is 2. The molecule has 1 aliphatic heterocycles. The van der Waals surface area contributed by atoms with Gasteiger partial charge in [-0.05, 0) is 85.6 Å². The predicted molar refractivity (Wildman–Crippen MR) is 151 cm³/mol. The van der Waals surface area contributed by atoms with Gasteiger partial charge in [-0.15, -0.1) is 0 Å². The van der Waals surface area contributed by atoms with Gasteiger partial charge in [0.15, 0.2) is 0 Å². The van der Waals surface area contributed by atoms with E-state index < -0.39 is 0 Å². The average molecular weight is 565 g/mol. The summed E-state index contributed by atoms with van der Waals surface area (Å²) in [6.07, 6.45) is 2.46. The Morgan fingerprint density at radius 1 is 0.553 bits per heavy atom. The number of halogens is 3.